The molecule has 0 saturated heterocycles. The number of carbonyl (C=O) groups is 3. The summed E-state index contributed by atoms with van der Waals surface area (Å²) in [4.78, 5) is 37.2. The Bertz CT molecular complexity index is 628. The summed E-state index contributed by atoms with van der Waals surface area (Å²) in [6.07, 6.45) is 1.89. The molecule has 1 aliphatic rings. The number of hydrogen-bond acceptors (Lipinski definition) is 5. The average Bonchev–Trinajstić information content (AvgIpc) is 3.08. The Morgan fingerprint density at radius 2 is 1.96 bits per heavy atom. The van der Waals surface area contributed by atoms with Crippen LogP contribution in [0, 0.1) is 5.41 Å². The van der Waals surface area contributed by atoms with Crippen molar-refractivity contribution in [2.24, 2.45) is 5.41 Å². The highest BCUT2D eigenvalue weighted by atomic mass is 16.5. The lowest BCUT2D eigenvalue weighted by molar-refractivity contribution is -0.158. The molecule has 1 saturated carbocycles. The fraction of sp³-hybridized carbons (Fsp3) is 0.450. The zero-order chi connectivity index (χ0) is 19.6. The Hall–Kier alpha value is -2.63. The summed E-state index contributed by atoms with van der Waals surface area (Å²) in [5.41, 5.74) is -0.780. The molecule has 1 N–H and O–H groups in total. The van der Waals surface area contributed by atoms with Crippen LogP contribution >= 0.6 is 0 Å². The standard InChI is InChI=1S/C18H21NO5.C2H6/c1-3-12-24-17(22)19-15(13-8-5-4-6-9-13)18(16(21)23-2)11-7-10-14(18)20;1-2/h3-6,8-9,15H,1,7,10-12H2,2H3,(H,19,22);1-2H3. The van der Waals surface area contributed by atoms with Crippen LogP contribution in [0.4, 0.5) is 4.79 Å². The molecule has 0 aromatic heterocycles. The van der Waals surface area contributed by atoms with Crippen LogP contribution < -0.4 is 5.32 Å². The van der Waals surface area contributed by atoms with Gasteiger partial charge in [-0.1, -0.05) is 56.8 Å². The van der Waals surface area contributed by atoms with Crippen LogP contribution in [0.25, 0.3) is 0 Å². The van der Waals surface area contributed by atoms with E-state index in [9.17, 15) is 14.4 Å². The molecule has 1 amide bonds. The highest BCUT2D eigenvalue weighted by Crippen LogP contribution is 2.46. The fourth-order valence-electron chi connectivity index (χ4n) is 3.14. The maximum Gasteiger partial charge on any atom is 0.407 e. The van der Waals surface area contributed by atoms with E-state index in [1.807, 2.05) is 19.9 Å². The van der Waals surface area contributed by atoms with Crippen LogP contribution in [-0.2, 0) is 19.1 Å². The monoisotopic (exact) mass is 361 g/mol. The third kappa shape index (κ3) is 4.50. The SMILES string of the molecule is C=CCOC(=O)NC(c1ccccc1)C1(C(=O)OC)CCCC1=O.CC. The van der Waals surface area contributed by atoms with E-state index in [0.717, 1.165) is 0 Å². The van der Waals surface area contributed by atoms with Crippen LogP contribution in [0.5, 0.6) is 0 Å². The predicted octanol–water partition coefficient (Wildman–Crippen LogP) is 3.58. The first-order valence-corrected chi connectivity index (χ1v) is 8.77. The quantitative estimate of drug-likeness (QED) is 0.476. The van der Waals surface area contributed by atoms with Gasteiger partial charge in [-0.3, -0.25) is 9.59 Å². The maximum atomic E-state index is 12.6. The highest BCUT2D eigenvalue weighted by Gasteiger charge is 2.56. The summed E-state index contributed by atoms with van der Waals surface area (Å²) in [6.45, 7) is 7.52. The lowest BCUT2D eigenvalue weighted by atomic mass is 9.74. The van der Waals surface area contributed by atoms with Crippen molar-refractivity contribution in [2.45, 2.75) is 39.2 Å². The van der Waals surface area contributed by atoms with E-state index in [1.165, 1.54) is 13.2 Å². The van der Waals surface area contributed by atoms with E-state index in [4.69, 9.17) is 9.47 Å². The molecule has 26 heavy (non-hydrogen) atoms. The van der Waals surface area contributed by atoms with Gasteiger partial charge in [0.2, 0.25) is 0 Å². The van der Waals surface area contributed by atoms with E-state index in [-0.39, 0.29) is 18.8 Å². The lowest BCUT2D eigenvalue weighted by Gasteiger charge is -2.34. The predicted molar refractivity (Wildman–Crippen MR) is 98.5 cm³/mol. The van der Waals surface area contributed by atoms with Gasteiger partial charge in [-0.15, -0.1) is 0 Å². The second-order valence-electron chi connectivity index (χ2n) is 5.61. The number of alkyl carbamates (subject to hydrolysis) is 1. The number of rotatable bonds is 6. The minimum Gasteiger partial charge on any atom is -0.468 e. The number of esters is 1. The Labute approximate surface area is 154 Å². The molecule has 1 aromatic carbocycles. The Morgan fingerprint density at radius 1 is 1.31 bits per heavy atom. The summed E-state index contributed by atoms with van der Waals surface area (Å²) in [7, 11) is 1.24. The van der Waals surface area contributed by atoms with Gasteiger partial charge < -0.3 is 14.8 Å². The summed E-state index contributed by atoms with van der Waals surface area (Å²) < 4.78 is 9.87. The highest BCUT2D eigenvalue weighted by molar-refractivity contribution is 6.06. The molecule has 2 rings (SSSR count). The zero-order valence-corrected chi connectivity index (χ0v) is 15.6. The first-order valence-electron chi connectivity index (χ1n) is 8.77. The van der Waals surface area contributed by atoms with Crippen molar-refractivity contribution in [1.29, 1.82) is 0 Å². The van der Waals surface area contributed by atoms with Crippen molar-refractivity contribution >= 4 is 17.8 Å². The van der Waals surface area contributed by atoms with E-state index in [1.54, 1.807) is 24.3 Å². The fourth-order valence-corrected chi connectivity index (χ4v) is 3.14. The van der Waals surface area contributed by atoms with Crippen LogP contribution in [0.1, 0.15) is 44.7 Å². The number of methoxy groups -OCH3 is 1. The van der Waals surface area contributed by atoms with Crippen LogP contribution in [0.15, 0.2) is 43.0 Å². The van der Waals surface area contributed by atoms with Gasteiger partial charge >= 0.3 is 12.1 Å². The van der Waals surface area contributed by atoms with Gasteiger partial charge in [-0.05, 0) is 18.4 Å². The molecule has 2 atom stereocenters. The molecule has 0 heterocycles. The van der Waals surface area contributed by atoms with Crippen molar-refractivity contribution in [1.82, 2.24) is 5.32 Å². The number of amides is 1. The van der Waals surface area contributed by atoms with Gasteiger partial charge in [0.15, 0.2) is 11.2 Å². The number of carbonyl (C=O) groups excluding carboxylic acids is 3. The molecule has 0 bridgehead atoms. The maximum absolute atomic E-state index is 12.6. The minimum atomic E-state index is -1.43. The van der Waals surface area contributed by atoms with Gasteiger partial charge in [0.25, 0.3) is 0 Å². The van der Waals surface area contributed by atoms with Gasteiger partial charge in [0, 0.05) is 6.42 Å². The largest absolute Gasteiger partial charge is 0.468 e. The van der Waals surface area contributed by atoms with E-state index >= 15 is 0 Å². The number of hydrogen-bond donors (Lipinski definition) is 1. The molecule has 0 aliphatic heterocycles. The number of ether oxygens (including phenoxy) is 2. The van der Waals surface area contributed by atoms with Gasteiger partial charge in [-0.2, -0.15) is 0 Å². The van der Waals surface area contributed by atoms with Crippen molar-refractivity contribution in [2.75, 3.05) is 13.7 Å². The van der Waals surface area contributed by atoms with Crippen molar-refractivity contribution in [3.63, 3.8) is 0 Å². The summed E-state index contributed by atoms with van der Waals surface area (Å²) in [6, 6.07) is 8.05. The second-order valence-corrected chi connectivity index (χ2v) is 5.61. The number of nitrogens with one attached hydrogen (secondary N) is 1. The first-order chi connectivity index (χ1) is 12.6. The molecule has 6 nitrogen and oxygen atoms in total. The van der Waals surface area contributed by atoms with Crippen LogP contribution in [0.3, 0.4) is 0 Å². The molecular formula is C20H27NO5. The normalized spacial score (nSPS) is 19.6. The summed E-state index contributed by atoms with van der Waals surface area (Å²) in [5, 5.41) is 2.67. The number of ketones is 1. The van der Waals surface area contributed by atoms with E-state index in [0.29, 0.717) is 18.4 Å². The molecule has 0 radical (unpaired) electrons. The van der Waals surface area contributed by atoms with Gasteiger partial charge in [0.1, 0.15) is 6.61 Å². The van der Waals surface area contributed by atoms with Crippen molar-refractivity contribution in [3.05, 3.63) is 48.6 Å². The van der Waals surface area contributed by atoms with E-state index < -0.39 is 23.5 Å². The third-order valence-corrected chi connectivity index (χ3v) is 4.24. The summed E-state index contributed by atoms with van der Waals surface area (Å²) in [5.74, 6) is -0.866. The zero-order valence-electron chi connectivity index (χ0n) is 15.6. The Kier molecular flexibility index (Phi) is 8.55. The molecule has 1 aliphatic carbocycles. The number of Topliss-reactive ketones (excluding diaryl/α,β-unsaturated/α-hetero) is 1. The van der Waals surface area contributed by atoms with Gasteiger partial charge in [0.05, 0.1) is 13.2 Å². The van der Waals surface area contributed by atoms with E-state index in [2.05, 4.69) is 11.9 Å². The molecular weight excluding hydrogens is 334 g/mol. The Balaban J connectivity index is 0.00000163. The molecule has 142 valence electrons. The Morgan fingerprint density at radius 3 is 2.46 bits per heavy atom. The molecule has 6 heteroatoms. The molecule has 2 unspecified atom stereocenters. The molecule has 0 spiro atoms. The van der Waals surface area contributed by atoms with Crippen LogP contribution in [-0.4, -0.2) is 31.6 Å². The molecule has 1 aromatic rings. The topological polar surface area (TPSA) is 81.7 Å². The second kappa shape index (κ2) is 10.4. The molecule has 1 fully saturated rings. The minimum absolute atomic E-state index is 0.0342. The van der Waals surface area contributed by atoms with Crippen molar-refractivity contribution in [3.8, 4) is 0 Å². The number of benzene rings is 1. The van der Waals surface area contributed by atoms with Crippen molar-refractivity contribution < 1.29 is 23.9 Å². The van der Waals surface area contributed by atoms with Gasteiger partial charge in [-0.25, -0.2) is 4.79 Å². The first kappa shape index (κ1) is 21.4. The lowest BCUT2D eigenvalue weighted by Crippen LogP contribution is -2.49. The third-order valence-electron chi connectivity index (χ3n) is 4.24. The average molecular weight is 361 g/mol. The smallest absolute Gasteiger partial charge is 0.407 e. The van der Waals surface area contributed by atoms with Crippen LogP contribution in [0.2, 0.25) is 0 Å². The summed E-state index contributed by atoms with van der Waals surface area (Å²) >= 11 is 0.